The van der Waals surface area contributed by atoms with Crippen LogP contribution in [0.4, 0.5) is 0 Å². The zero-order valence-corrected chi connectivity index (χ0v) is 14.4. The lowest BCUT2D eigenvalue weighted by Crippen LogP contribution is -2.19. The topological polar surface area (TPSA) is 34.4 Å². The van der Waals surface area contributed by atoms with Gasteiger partial charge in [-0.1, -0.05) is 30.3 Å². The average molecular weight is 324 g/mol. The minimum absolute atomic E-state index is 0.342. The molecular weight excluding hydrogens is 304 g/mol. The van der Waals surface area contributed by atoms with Crippen molar-refractivity contribution >= 4 is 28.1 Å². The number of hydrogen-bond acceptors (Lipinski definition) is 1. The Kier molecular flexibility index (Phi) is 4.18. The number of aromatic nitrogens is 1. The van der Waals surface area contributed by atoms with Gasteiger partial charge in [0.2, 0.25) is 0 Å². The third-order valence-corrected chi connectivity index (χ3v) is 4.92. The summed E-state index contributed by atoms with van der Waals surface area (Å²) >= 11 is 0. The third-order valence-electron chi connectivity index (χ3n) is 3.57. The van der Waals surface area contributed by atoms with Crippen LogP contribution in [0.5, 0.6) is 0 Å². The first-order valence-electron chi connectivity index (χ1n) is 7.58. The predicted molar refractivity (Wildman–Crippen MR) is 98.8 cm³/mol. The van der Waals surface area contributed by atoms with Crippen molar-refractivity contribution < 1.29 is 4.21 Å². The summed E-state index contributed by atoms with van der Waals surface area (Å²) in [7, 11) is -1.24. The quantitative estimate of drug-likeness (QED) is 0.653. The first-order chi connectivity index (χ1) is 10.9. The summed E-state index contributed by atoms with van der Waals surface area (Å²) in [6, 6.07) is 18.5. The fourth-order valence-electron chi connectivity index (χ4n) is 2.31. The normalized spacial score (nSPS) is 13.7. The number of hydrogen-bond donors (Lipinski definition) is 0. The Morgan fingerprint density at radius 1 is 1.04 bits per heavy atom. The van der Waals surface area contributed by atoms with Gasteiger partial charge in [0.05, 0.1) is 10.3 Å². The van der Waals surface area contributed by atoms with Crippen molar-refractivity contribution in [2.75, 3.05) is 0 Å². The van der Waals surface area contributed by atoms with Crippen LogP contribution in [-0.4, -0.2) is 19.7 Å². The van der Waals surface area contributed by atoms with Crippen LogP contribution in [0.1, 0.15) is 26.3 Å². The maximum atomic E-state index is 12.0. The molecular formula is C19H20N2OS. The van der Waals surface area contributed by atoms with E-state index in [9.17, 15) is 4.21 Å². The molecule has 0 spiro atoms. The zero-order valence-electron chi connectivity index (χ0n) is 13.6. The maximum Gasteiger partial charge on any atom is 0.144 e. The molecule has 3 nitrogen and oxygen atoms in total. The molecule has 3 rings (SSSR count). The van der Waals surface area contributed by atoms with Gasteiger partial charge in [-0.3, -0.25) is 0 Å². The molecule has 0 saturated carbocycles. The molecule has 3 aromatic rings. The highest BCUT2D eigenvalue weighted by Gasteiger charge is 2.18. The fraction of sp³-hybridized carbons (Fsp3) is 0.211. The van der Waals surface area contributed by atoms with Crippen molar-refractivity contribution in [3.63, 3.8) is 0 Å². The van der Waals surface area contributed by atoms with Crippen LogP contribution in [-0.2, 0) is 11.0 Å². The number of nitrogens with zero attached hydrogens (tertiary/aromatic N) is 2. The van der Waals surface area contributed by atoms with E-state index in [-0.39, 0.29) is 4.75 Å². The molecule has 23 heavy (non-hydrogen) atoms. The Morgan fingerprint density at radius 3 is 2.48 bits per heavy atom. The van der Waals surface area contributed by atoms with E-state index in [4.69, 9.17) is 0 Å². The van der Waals surface area contributed by atoms with Crippen LogP contribution in [0.15, 0.2) is 65.2 Å². The number of rotatable bonds is 3. The lowest BCUT2D eigenvalue weighted by atomic mass is 10.2. The molecule has 0 N–H and O–H groups in total. The van der Waals surface area contributed by atoms with Crippen molar-refractivity contribution in [1.29, 1.82) is 0 Å². The second kappa shape index (κ2) is 6.13. The second-order valence-electron chi connectivity index (χ2n) is 6.44. The van der Waals surface area contributed by atoms with E-state index in [2.05, 4.69) is 45.5 Å². The average Bonchev–Trinajstić information content (AvgIpc) is 2.95. The van der Waals surface area contributed by atoms with Gasteiger partial charge in [-0.15, -0.1) is 0 Å². The molecule has 0 fully saturated rings. The van der Waals surface area contributed by atoms with Crippen LogP contribution < -0.4 is 0 Å². The molecule has 0 aliphatic rings. The van der Waals surface area contributed by atoms with Crippen molar-refractivity contribution in [2.45, 2.75) is 25.5 Å². The summed E-state index contributed by atoms with van der Waals surface area (Å²) < 4.78 is 18.0. The largest absolute Gasteiger partial charge is 0.317 e. The monoisotopic (exact) mass is 324 g/mol. The van der Waals surface area contributed by atoms with Gasteiger partial charge in [-0.2, -0.15) is 4.40 Å². The summed E-state index contributed by atoms with van der Waals surface area (Å²) in [5.41, 5.74) is 3.18. The highest BCUT2D eigenvalue weighted by atomic mass is 32.2. The summed E-state index contributed by atoms with van der Waals surface area (Å²) in [5.74, 6) is 0. The summed E-state index contributed by atoms with van der Waals surface area (Å²) in [6.07, 6.45) is 3.76. The van der Waals surface area contributed by atoms with E-state index in [1.54, 1.807) is 6.21 Å². The van der Waals surface area contributed by atoms with Gasteiger partial charge in [0.25, 0.3) is 0 Å². The SMILES string of the molecule is CC(C)(C)[S@@](=O)/N=C/c1ccc2ccn(-c3ccccc3)c2c1. The Labute approximate surface area is 139 Å². The summed E-state index contributed by atoms with van der Waals surface area (Å²) in [4.78, 5) is 0. The highest BCUT2D eigenvalue weighted by molar-refractivity contribution is 7.85. The molecule has 0 aliphatic carbocycles. The second-order valence-corrected chi connectivity index (χ2v) is 8.37. The zero-order chi connectivity index (χ0) is 16.4. The lowest BCUT2D eigenvalue weighted by Gasteiger charge is -2.12. The highest BCUT2D eigenvalue weighted by Crippen LogP contribution is 2.21. The van der Waals surface area contributed by atoms with E-state index in [1.165, 1.54) is 5.39 Å². The van der Waals surface area contributed by atoms with Gasteiger partial charge in [0, 0.05) is 18.1 Å². The van der Waals surface area contributed by atoms with Crippen molar-refractivity contribution in [3.05, 3.63) is 66.4 Å². The smallest absolute Gasteiger partial charge is 0.144 e. The van der Waals surface area contributed by atoms with Crippen molar-refractivity contribution in [1.82, 2.24) is 4.57 Å². The fourth-order valence-corrected chi connectivity index (χ4v) is 2.84. The predicted octanol–water partition coefficient (Wildman–Crippen LogP) is 4.51. The van der Waals surface area contributed by atoms with E-state index in [1.807, 2.05) is 45.0 Å². The van der Waals surface area contributed by atoms with Gasteiger partial charge in [0.1, 0.15) is 11.0 Å². The maximum absolute atomic E-state index is 12.0. The molecule has 0 bridgehead atoms. The molecule has 118 valence electrons. The molecule has 2 aromatic carbocycles. The number of benzene rings is 2. The van der Waals surface area contributed by atoms with Crippen LogP contribution in [0.25, 0.3) is 16.6 Å². The minimum Gasteiger partial charge on any atom is -0.317 e. The van der Waals surface area contributed by atoms with Crippen molar-refractivity contribution in [3.8, 4) is 5.69 Å². The van der Waals surface area contributed by atoms with E-state index < -0.39 is 11.0 Å². The molecule has 1 heterocycles. The van der Waals surface area contributed by atoms with Gasteiger partial charge < -0.3 is 4.57 Å². The van der Waals surface area contributed by atoms with Crippen molar-refractivity contribution in [2.24, 2.45) is 4.40 Å². The molecule has 0 aliphatic heterocycles. The summed E-state index contributed by atoms with van der Waals surface area (Å²) in [5, 5.41) is 1.17. The molecule has 1 atom stereocenters. The first kappa shape index (κ1) is 15.7. The van der Waals surface area contributed by atoms with E-state index in [0.29, 0.717) is 0 Å². The Hall–Kier alpha value is -2.20. The van der Waals surface area contributed by atoms with Crippen LogP contribution in [0.3, 0.4) is 0 Å². The molecule has 0 saturated heterocycles. The van der Waals surface area contributed by atoms with Gasteiger partial charge in [-0.05, 0) is 56.0 Å². The van der Waals surface area contributed by atoms with Gasteiger partial charge in [0.15, 0.2) is 0 Å². The lowest BCUT2D eigenvalue weighted by molar-refractivity contribution is 0.651. The molecule has 0 radical (unpaired) electrons. The standard InChI is InChI=1S/C19H20N2OS/c1-19(2,3)23(22)20-14-15-9-10-16-11-12-21(18(16)13-15)17-7-5-4-6-8-17/h4-14H,1-3H3/b20-14+/t23-/m1/s1. The molecule has 4 heteroatoms. The van der Waals surface area contributed by atoms with E-state index in [0.717, 1.165) is 16.8 Å². The van der Waals surface area contributed by atoms with Crippen LogP contribution >= 0.6 is 0 Å². The number of fused-ring (bicyclic) bond motifs is 1. The van der Waals surface area contributed by atoms with Crippen LogP contribution in [0, 0.1) is 0 Å². The molecule has 1 aromatic heterocycles. The summed E-state index contributed by atoms with van der Waals surface area (Å²) in [6.45, 7) is 5.76. The minimum atomic E-state index is -1.24. The van der Waals surface area contributed by atoms with Gasteiger partial charge in [-0.25, -0.2) is 4.21 Å². The van der Waals surface area contributed by atoms with Gasteiger partial charge >= 0.3 is 0 Å². The number of para-hydroxylation sites is 1. The van der Waals surface area contributed by atoms with E-state index >= 15 is 0 Å². The first-order valence-corrected chi connectivity index (χ1v) is 8.68. The Morgan fingerprint density at radius 2 is 1.78 bits per heavy atom. The Bertz CT molecular complexity index is 873. The molecule has 0 unspecified atom stereocenters. The van der Waals surface area contributed by atoms with Crippen LogP contribution in [0.2, 0.25) is 0 Å². The molecule has 0 amide bonds. The third kappa shape index (κ3) is 3.42. The Balaban J connectivity index is 1.99.